The predicted molar refractivity (Wildman–Crippen MR) is 64.7 cm³/mol. The lowest BCUT2D eigenvalue weighted by Crippen LogP contribution is -2.07. The van der Waals surface area contributed by atoms with Gasteiger partial charge in [-0.2, -0.15) is 0 Å². The molecule has 2 rings (SSSR count). The van der Waals surface area contributed by atoms with E-state index in [1.54, 1.807) is 6.07 Å². The topological polar surface area (TPSA) is 52.3 Å². The fourth-order valence-corrected chi connectivity index (χ4v) is 1.86. The highest BCUT2D eigenvalue weighted by atomic mass is 35.5. The van der Waals surface area contributed by atoms with Crippen molar-refractivity contribution in [1.29, 1.82) is 0 Å². The monoisotopic (exact) mass is 235 g/mol. The normalized spacial score (nSPS) is 10.4. The smallest absolute Gasteiger partial charge is 0.340 e. The first-order valence-electron chi connectivity index (χ1n) is 4.70. The Bertz CT molecular complexity index is 566. The molecule has 0 saturated heterocycles. The molecule has 0 aliphatic rings. The Morgan fingerprint density at radius 1 is 1.38 bits per heavy atom. The molecule has 0 aliphatic heterocycles. The van der Waals surface area contributed by atoms with E-state index < -0.39 is 5.97 Å². The van der Waals surface area contributed by atoms with Crippen LogP contribution < -0.4 is 5.73 Å². The molecule has 0 bridgehead atoms. The molecule has 0 unspecified atom stereocenters. The molecule has 0 radical (unpaired) electrons. The first kappa shape index (κ1) is 10.8. The molecule has 2 aromatic rings. The van der Waals surface area contributed by atoms with Crippen molar-refractivity contribution < 1.29 is 9.53 Å². The molecule has 82 valence electrons. The van der Waals surface area contributed by atoms with Crippen molar-refractivity contribution in [3.63, 3.8) is 0 Å². The number of ether oxygens (including phenoxy) is 1. The van der Waals surface area contributed by atoms with E-state index in [0.717, 1.165) is 10.8 Å². The van der Waals surface area contributed by atoms with E-state index in [1.807, 2.05) is 24.3 Å². The highest BCUT2D eigenvalue weighted by Gasteiger charge is 2.16. The van der Waals surface area contributed by atoms with Crippen LogP contribution in [0.25, 0.3) is 10.8 Å². The third kappa shape index (κ3) is 1.59. The van der Waals surface area contributed by atoms with E-state index in [2.05, 4.69) is 0 Å². The number of nitrogens with two attached hydrogens (primary N) is 1. The Hall–Kier alpha value is -1.74. The Morgan fingerprint density at radius 3 is 2.75 bits per heavy atom. The van der Waals surface area contributed by atoms with Gasteiger partial charge in [-0.1, -0.05) is 35.9 Å². The summed E-state index contributed by atoms with van der Waals surface area (Å²) in [6.07, 6.45) is 0. The third-order valence-electron chi connectivity index (χ3n) is 2.43. The van der Waals surface area contributed by atoms with Crippen LogP contribution in [0.3, 0.4) is 0 Å². The van der Waals surface area contributed by atoms with Crippen LogP contribution in [-0.4, -0.2) is 13.1 Å². The fourth-order valence-electron chi connectivity index (χ4n) is 1.65. The van der Waals surface area contributed by atoms with Crippen molar-refractivity contribution in [1.82, 2.24) is 0 Å². The summed E-state index contributed by atoms with van der Waals surface area (Å²) in [5, 5.41) is 1.97. The predicted octanol–water partition coefficient (Wildman–Crippen LogP) is 2.86. The minimum absolute atomic E-state index is 0.257. The van der Waals surface area contributed by atoms with E-state index in [1.165, 1.54) is 7.11 Å². The van der Waals surface area contributed by atoms with Crippen LogP contribution in [0.2, 0.25) is 5.02 Å². The summed E-state index contributed by atoms with van der Waals surface area (Å²) < 4.78 is 4.70. The molecule has 0 saturated carbocycles. The molecule has 4 heteroatoms. The van der Waals surface area contributed by atoms with Crippen molar-refractivity contribution in [2.75, 3.05) is 12.8 Å². The molecule has 2 N–H and O–H groups in total. The van der Waals surface area contributed by atoms with Gasteiger partial charge in [-0.3, -0.25) is 0 Å². The van der Waals surface area contributed by atoms with Gasteiger partial charge in [0, 0.05) is 0 Å². The fraction of sp³-hybridized carbons (Fsp3) is 0.0833. The highest BCUT2D eigenvalue weighted by molar-refractivity contribution is 6.35. The van der Waals surface area contributed by atoms with Crippen molar-refractivity contribution in [2.45, 2.75) is 0 Å². The SMILES string of the molecule is COC(=O)c1c(N)c(Cl)cc2ccccc12. The number of carbonyl (C=O) groups excluding carboxylic acids is 1. The number of halogens is 1. The van der Waals surface area contributed by atoms with Gasteiger partial charge in [0.05, 0.1) is 23.4 Å². The maximum absolute atomic E-state index is 11.6. The number of hydrogen-bond acceptors (Lipinski definition) is 3. The zero-order valence-corrected chi connectivity index (χ0v) is 9.41. The standard InChI is InChI=1S/C12H10ClNO2/c1-16-12(15)10-8-5-3-2-4-7(8)6-9(13)11(10)14/h2-6H,14H2,1H3. The van der Waals surface area contributed by atoms with Gasteiger partial charge in [0.2, 0.25) is 0 Å². The van der Waals surface area contributed by atoms with Crippen LogP contribution in [0.5, 0.6) is 0 Å². The quantitative estimate of drug-likeness (QED) is 0.611. The second-order valence-corrected chi connectivity index (χ2v) is 3.77. The summed E-state index contributed by atoms with van der Waals surface area (Å²) >= 11 is 5.96. The van der Waals surface area contributed by atoms with Gasteiger partial charge in [0.25, 0.3) is 0 Å². The first-order chi connectivity index (χ1) is 7.65. The third-order valence-corrected chi connectivity index (χ3v) is 2.74. The summed E-state index contributed by atoms with van der Waals surface area (Å²) in [6, 6.07) is 9.12. The Kier molecular flexibility index (Phi) is 2.71. The van der Waals surface area contributed by atoms with Crippen LogP contribution in [-0.2, 0) is 4.74 Å². The van der Waals surface area contributed by atoms with Crippen LogP contribution >= 0.6 is 11.6 Å². The van der Waals surface area contributed by atoms with E-state index in [4.69, 9.17) is 22.1 Å². The van der Waals surface area contributed by atoms with Crippen LogP contribution in [0.4, 0.5) is 5.69 Å². The molecule has 16 heavy (non-hydrogen) atoms. The number of rotatable bonds is 1. The summed E-state index contributed by atoms with van der Waals surface area (Å²) in [7, 11) is 1.32. The second kappa shape index (κ2) is 4.02. The Morgan fingerprint density at radius 2 is 2.06 bits per heavy atom. The van der Waals surface area contributed by atoms with Gasteiger partial charge < -0.3 is 10.5 Å². The number of esters is 1. The maximum Gasteiger partial charge on any atom is 0.340 e. The molecule has 3 nitrogen and oxygen atoms in total. The molecule has 0 spiro atoms. The highest BCUT2D eigenvalue weighted by Crippen LogP contribution is 2.31. The molecule has 0 fully saturated rings. The van der Waals surface area contributed by atoms with Gasteiger partial charge in [-0.05, 0) is 16.8 Å². The molecule has 0 atom stereocenters. The van der Waals surface area contributed by atoms with Crippen LogP contribution in [0.15, 0.2) is 30.3 Å². The molecule has 2 aromatic carbocycles. The maximum atomic E-state index is 11.6. The number of benzene rings is 2. The number of nitrogen functional groups attached to an aromatic ring is 1. The van der Waals surface area contributed by atoms with Crippen LogP contribution in [0, 0.1) is 0 Å². The molecule has 0 amide bonds. The molecule has 0 aliphatic carbocycles. The molecular weight excluding hydrogens is 226 g/mol. The Labute approximate surface area is 97.8 Å². The summed E-state index contributed by atoms with van der Waals surface area (Å²) in [5.41, 5.74) is 6.37. The number of carbonyl (C=O) groups is 1. The lowest BCUT2D eigenvalue weighted by molar-refractivity contribution is 0.0604. The van der Waals surface area contributed by atoms with Crippen molar-refractivity contribution in [3.05, 3.63) is 40.9 Å². The average molecular weight is 236 g/mol. The summed E-state index contributed by atoms with van der Waals surface area (Å²) in [5.74, 6) is -0.476. The van der Waals surface area contributed by atoms with Gasteiger partial charge >= 0.3 is 5.97 Å². The zero-order valence-electron chi connectivity index (χ0n) is 8.66. The molecule has 0 heterocycles. The zero-order chi connectivity index (χ0) is 11.7. The first-order valence-corrected chi connectivity index (χ1v) is 5.08. The van der Waals surface area contributed by atoms with E-state index in [0.29, 0.717) is 10.6 Å². The minimum atomic E-state index is -0.476. The van der Waals surface area contributed by atoms with E-state index in [9.17, 15) is 4.79 Å². The number of fused-ring (bicyclic) bond motifs is 1. The van der Waals surface area contributed by atoms with Gasteiger partial charge in [0.1, 0.15) is 0 Å². The van der Waals surface area contributed by atoms with Gasteiger partial charge in [-0.25, -0.2) is 4.79 Å². The number of anilines is 1. The van der Waals surface area contributed by atoms with Crippen LogP contribution in [0.1, 0.15) is 10.4 Å². The van der Waals surface area contributed by atoms with Crippen molar-refractivity contribution in [3.8, 4) is 0 Å². The Balaban J connectivity index is 2.87. The summed E-state index contributed by atoms with van der Waals surface area (Å²) in [6.45, 7) is 0. The summed E-state index contributed by atoms with van der Waals surface area (Å²) in [4.78, 5) is 11.6. The van der Waals surface area contributed by atoms with Gasteiger partial charge in [-0.15, -0.1) is 0 Å². The van der Waals surface area contributed by atoms with Crippen molar-refractivity contribution >= 4 is 34.0 Å². The molecule has 0 aromatic heterocycles. The molecular formula is C12H10ClNO2. The average Bonchev–Trinajstić information content (AvgIpc) is 2.30. The minimum Gasteiger partial charge on any atom is -0.465 e. The lowest BCUT2D eigenvalue weighted by Gasteiger charge is -2.09. The van der Waals surface area contributed by atoms with E-state index >= 15 is 0 Å². The lowest BCUT2D eigenvalue weighted by atomic mass is 10.0. The number of hydrogen-bond donors (Lipinski definition) is 1. The second-order valence-electron chi connectivity index (χ2n) is 3.36. The van der Waals surface area contributed by atoms with E-state index in [-0.39, 0.29) is 5.69 Å². The largest absolute Gasteiger partial charge is 0.465 e. The number of methoxy groups -OCH3 is 1. The van der Waals surface area contributed by atoms with Crippen molar-refractivity contribution in [2.24, 2.45) is 0 Å². The van der Waals surface area contributed by atoms with Gasteiger partial charge in [0.15, 0.2) is 0 Å².